The van der Waals surface area contributed by atoms with Crippen molar-refractivity contribution in [2.45, 2.75) is 51.4 Å². The summed E-state index contributed by atoms with van der Waals surface area (Å²) >= 11 is 0. The molecule has 0 radical (unpaired) electrons. The van der Waals surface area contributed by atoms with E-state index in [0.717, 1.165) is 12.0 Å². The minimum atomic E-state index is -0.610. The van der Waals surface area contributed by atoms with Gasteiger partial charge in [-0.05, 0) is 35.4 Å². The van der Waals surface area contributed by atoms with E-state index in [-0.39, 0.29) is 42.8 Å². The molecule has 0 aromatic heterocycles. The number of urea groups is 1. The average molecular weight is 568 g/mol. The Morgan fingerprint density at radius 2 is 1.45 bits per heavy atom. The van der Waals surface area contributed by atoms with Crippen LogP contribution in [0.25, 0.3) is 0 Å². The number of hydrogen-bond donors (Lipinski definition) is 1. The van der Waals surface area contributed by atoms with E-state index in [1.807, 2.05) is 71.6 Å². The molecular formula is C34H41N5O3. The highest BCUT2D eigenvalue weighted by atomic mass is 16.2. The molecule has 42 heavy (non-hydrogen) atoms. The monoisotopic (exact) mass is 567 g/mol. The third kappa shape index (κ3) is 6.49. The van der Waals surface area contributed by atoms with E-state index in [1.54, 1.807) is 22.0 Å². The molecule has 2 saturated heterocycles. The minimum Gasteiger partial charge on any atom is -0.337 e. The number of benzene rings is 3. The highest BCUT2D eigenvalue weighted by molar-refractivity contribution is 5.91. The van der Waals surface area contributed by atoms with E-state index in [2.05, 4.69) is 43.4 Å². The molecule has 0 bridgehead atoms. The van der Waals surface area contributed by atoms with Gasteiger partial charge in [-0.2, -0.15) is 0 Å². The van der Waals surface area contributed by atoms with Gasteiger partial charge in [-0.3, -0.25) is 9.59 Å². The third-order valence-corrected chi connectivity index (χ3v) is 8.22. The van der Waals surface area contributed by atoms with Crippen LogP contribution in [0.5, 0.6) is 0 Å². The molecule has 8 heteroatoms. The summed E-state index contributed by atoms with van der Waals surface area (Å²) < 4.78 is 0. The van der Waals surface area contributed by atoms with Crippen molar-refractivity contribution in [2.24, 2.45) is 5.92 Å². The standard InChI is InChI=1S/C34H41N5O3/c1-25(2)21-30-33(41)37(20-19-29(27-15-9-5-10-16-27)28-17-11-6-12-18-28)23-31-38(30)32(40)24-36(3)39(31)34(42)35-22-26-13-7-4-8-14-26/h4-18,25,29-31H,19-24H2,1-3H3,(H,35,42)/t30-,31?/m0/s1. The van der Waals surface area contributed by atoms with Gasteiger partial charge in [-0.25, -0.2) is 14.8 Å². The van der Waals surface area contributed by atoms with Crippen LogP contribution in [0.2, 0.25) is 0 Å². The molecule has 3 aromatic rings. The number of amides is 4. The quantitative estimate of drug-likeness (QED) is 0.407. The summed E-state index contributed by atoms with van der Waals surface area (Å²) in [4.78, 5) is 44.6. The lowest BCUT2D eigenvalue weighted by Gasteiger charge is -2.54. The fourth-order valence-corrected chi connectivity index (χ4v) is 6.22. The van der Waals surface area contributed by atoms with Crippen molar-refractivity contribution in [3.63, 3.8) is 0 Å². The van der Waals surface area contributed by atoms with Crippen molar-refractivity contribution >= 4 is 17.8 Å². The van der Waals surface area contributed by atoms with E-state index in [1.165, 1.54) is 11.1 Å². The van der Waals surface area contributed by atoms with Gasteiger partial charge >= 0.3 is 6.03 Å². The van der Waals surface area contributed by atoms with Gasteiger partial charge < -0.3 is 15.1 Å². The number of carbonyl (C=O) groups is 3. The molecular weight excluding hydrogens is 526 g/mol. The number of likely N-dealkylation sites (N-methyl/N-ethyl adjacent to an activating group) is 1. The number of hydrazine groups is 1. The molecule has 4 amide bonds. The molecule has 220 valence electrons. The predicted octanol–water partition coefficient (Wildman–Crippen LogP) is 4.69. The Balaban J connectivity index is 1.40. The van der Waals surface area contributed by atoms with Gasteiger partial charge in [0.1, 0.15) is 12.2 Å². The van der Waals surface area contributed by atoms with Crippen molar-refractivity contribution in [1.29, 1.82) is 0 Å². The number of carbonyl (C=O) groups excluding carboxylic acids is 3. The second kappa shape index (κ2) is 13.2. The van der Waals surface area contributed by atoms with Crippen LogP contribution in [0.4, 0.5) is 4.79 Å². The summed E-state index contributed by atoms with van der Waals surface area (Å²) in [5.41, 5.74) is 3.38. The van der Waals surface area contributed by atoms with E-state index >= 15 is 0 Å². The van der Waals surface area contributed by atoms with Crippen LogP contribution < -0.4 is 5.32 Å². The molecule has 5 rings (SSSR count). The Bertz CT molecular complexity index is 1310. The van der Waals surface area contributed by atoms with Crippen molar-refractivity contribution in [3.05, 3.63) is 108 Å². The van der Waals surface area contributed by atoms with Crippen LogP contribution in [-0.2, 0) is 16.1 Å². The van der Waals surface area contributed by atoms with Crippen LogP contribution in [0.3, 0.4) is 0 Å². The molecule has 2 heterocycles. The Morgan fingerprint density at radius 3 is 2.02 bits per heavy atom. The van der Waals surface area contributed by atoms with Gasteiger partial charge in [0, 0.05) is 26.1 Å². The molecule has 0 saturated carbocycles. The summed E-state index contributed by atoms with van der Waals surface area (Å²) in [6.07, 6.45) is 0.687. The van der Waals surface area contributed by atoms with Gasteiger partial charge in [0.05, 0.1) is 13.1 Å². The Hall–Kier alpha value is -4.17. The van der Waals surface area contributed by atoms with Gasteiger partial charge in [-0.1, -0.05) is 105 Å². The molecule has 2 aliphatic heterocycles. The zero-order valence-corrected chi connectivity index (χ0v) is 24.7. The zero-order valence-electron chi connectivity index (χ0n) is 24.7. The number of nitrogens with one attached hydrogen (secondary N) is 1. The molecule has 1 unspecified atom stereocenters. The summed E-state index contributed by atoms with van der Waals surface area (Å²) in [5.74, 6) is 0.151. The first-order valence-electron chi connectivity index (χ1n) is 14.9. The fraction of sp³-hybridized carbons (Fsp3) is 0.382. The van der Waals surface area contributed by atoms with E-state index < -0.39 is 12.2 Å². The number of piperazine rings is 1. The minimum absolute atomic E-state index is 0.0395. The summed E-state index contributed by atoms with van der Waals surface area (Å²) in [5, 5.41) is 6.34. The van der Waals surface area contributed by atoms with Crippen LogP contribution in [0, 0.1) is 5.92 Å². The zero-order chi connectivity index (χ0) is 29.6. The van der Waals surface area contributed by atoms with Crippen molar-refractivity contribution in [1.82, 2.24) is 25.1 Å². The number of rotatable bonds is 9. The maximum Gasteiger partial charge on any atom is 0.334 e. The normalized spacial score (nSPS) is 19.4. The number of hydrogen-bond acceptors (Lipinski definition) is 4. The summed E-state index contributed by atoms with van der Waals surface area (Å²) in [7, 11) is 1.76. The van der Waals surface area contributed by atoms with Crippen molar-refractivity contribution in [3.8, 4) is 0 Å². The SMILES string of the molecule is CC(C)C[C@H]1C(=O)N(CCC(c2ccccc2)c2ccccc2)CC2N1C(=O)CN(C)N2C(=O)NCc1ccccc1. The average Bonchev–Trinajstić information content (AvgIpc) is 2.99. The third-order valence-electron chi connectivity index (χ3n) is 8.22. The number of nitrogens with zero attached hydrogens (tertiary/aromatic N) is 4. The highest BCUT2D eigenvalue weighted by Gasteiger charge is 2.50. The van der Waals surface area contributed by atoms with Crippen molar-refractivity contribution < 1.29 is 14.4 Å². The molecule has 2 fully saturated rings. The first kappa shape index (κ1) is 29.3. The smallest absolute Gasteiger partial charge is 0.334 e. The second-order valence-corrected chi connectivity index (χ2v) is 11.7. The highest BCUT2D eigenvalue weighted by Crippen LogP contribution is 2.32. The van der Waals surface area contributed by atoms with Gasteiger partial charge in [-0.15, -0.1) is 0 Å². The lowest BCUT2D eigenvalue weighted by molar-refractivity contribution is -0.188. The molecule has 0 aliphatic carbocycles. The van der Waals surface area contributed by atoms with Gasteiger partial charge in [0.15, 0.2) is 0 Å². The maximum absolute atomic E-state index is 14.0. The first-order valence-corrected chi connectivity index (χ1v) is 14.9. The number of fused-ring (bicyclic) bond motifs is 1. The van der Waals surface area contributed by atoms with Gasteiger partial charge in [0.2, 0.25) is 11.8 Å². The largest absolute Gasteiger partial charge is 0.337 e. The van der Waals surface area contributed by atoms with E-state index in [0.29, 0.717) is 19.5 Å². The lowest BCUT2D eigenvalue weighted by atomic mass is 9.88. The van der Waals surface area contributed by atoms with Crippen LogP contribution in [0.1, 0.15) is 49.3 Å². The fourth-order valence-electron chi connectivity index (χ4n) is 6.22. The summed E-state index contributed by atoms with van der Waals surface area (Å²) in [6.45, 7) is 5.32. The molecule has 2 atom stereocenters. The lowest BCUT2D eigenvalue weighted by Crippen LogP contribution is -2.76. The Labute approximate surface area is 248 Å². The maximum atomic E-state index is 14.0. The van der Waals surface area contributed by atoms with Crippen LogP contribution in [0.15, 0.2) is 91.0 Å². The Kier molecular flexibility index (Phi) is 9.22. The van der Waals surface area contributed by atoms with E-state index in [9.17, 15) is 14.4 Å². The second-order valence-electron chi connectivity index (χ2n) is 11.7. The predicted molar refractivity (Wildman–Crippen MR) is 163 cm³/mol. The van der Waals surface area contributed by atoms with Gasteiger partial charge in [0.25, 0.3) is 0 Å². The Morgan fingerprint density at radius 1 is 0.881 bits per heavy atom. The molecule has 1 N–H and O–H groups in total. The van der Waals surface area contributed by atoms with Crippen LogP contribution >= 0.6 is 0 Å². The molecule has 8 nitrogen and oxygen atoms in total. The topological polar surface area (TPSA) is 76.2 Å². The molecule has 0 spiro atoms. The summed E-state index contributed by atoms with van der Waals surface area (Å²) in [6, 6.07) is 29.6. The molecule has 2 aliphatic rings. The van der Waals surface area contributed by atoms with Crippen molar-refractivity contribution in [2.75, 3.05) is 26.7 Å². The first-order chi connectivity index (χ1) is 20.3. The molecule has 3 aromatic carbocycles. The van der Waals surface area contributed by atoms with E-state index in [4.69, 9.17) is 0 Å². The van der Waals surface area contributed by atoms with Crippen LogP contribution in [-0.4, -0.2) is 76.6 Å².